The van der Waals surface area contributed by atoms with Crippen LogP contribution in [0.25, 0.3) is 11.3 Å². The van der Waals surface area contributed by atoms with Crippen LogP contribution in [0.3, 0.4) is 0 Å². The van der Waals surface area contributed by atoms with E-state index in [1.54, 1.807) is 7.11 Å². The highest BCUT2D eigenvalue weighted by Gasteiger charge is 2.29. The molecule has 0 bridgehead atoms. The lowest BCUT2D eigenvalue weighted by Gasteiger charge is -2.28. The molecule has 0 N–H and O–H groups in total. The highest BCUT2D eigenvalue weighted by atomic mass is 16.5. The molecule has 0 saturated carbocycles. The van der Waals surface area contributed by atoms with Crippen LogP contribution in [0.4, 0.5) is 17.5 Å². The van der Waals surface area contributed by atoms with Gasteiger partial charge in [0.15, 0.2) is 0 Å². The van der Waals surface area contributed by atoms with E-state index in [2.05, 4.69) is 45.1 Å². The largest absolute Gasteiger partial charge is 0.497 e. The first-order valence-electron chi connectivity index (χ1n) is 11.1. The number of aromatic nitrogens is 2. The number of morpholine rings is 1. The standard InChI is InChI=1S/C25H25N5O2/c1-31-21-4-2-3-17(14-21)23-22-7-8-30(20-6-5-18-15-26-16-19(18)13-20)24(22)28-25(27-23)29-9-11-32-12-10-29/h2-6,13-14,16H,7-12,15H2,1H3. The summed E-state index contributed by atoms with van der Waals surface area (Å²) in [5.41, 5.74) is 6.86. The summed E-state index contributed by atoms with van der Waals surface area (Å²) >= 11 is 0. The van der Waals surface area contributed by atoms with Gasteiger partial charge in [-0.1, -0.05) is 18.2 Å². The first-order valence-corrected chi connectivity index (χ1v) is 11.1. The summed E-state index contributed by atoms with van der Waals surface area (Å²) < 4.78 is 11.0. The van der Waals surface area contributed by atoms with Crippen molar-refractivity contribution in [3.05, 3.63) is 59.2 Å². The molecule has 1 aromatic heterocycles. The van der Waals surface area contributed by atoms with E-state index in [9.17, 15) is 0 Å². The van der Waals surface area contributed by atoms with Crippen LogP contribution in [0.15, 0.2) is 47.5 Å². The first-order chi connectivity index (χ1) is 15.8. The predicted molar refractivity (Wildman–Crippen MR) is 126 cm³/mol. The molecular weight excluding hydrogens is 402 g/mol. The van der Waals surface area contributed by atoms with E-state index in [0.29, 0.717) is 13.2 Å². The summed E-state index contributed by atoms with van der Waals surface area (Å²) in [5, 5.41) is 0. The summed E-state index contributed by atoms with van der Waals surface area (Å²) in [6.07, 6.45) is 2.87. The van der Waals surface area contributed by atoms with Gasteiger partial charge in [-0.25, -0.2) is 4.98 Å². The third-order valence-electron chi connectivity index (χ3n) is 6.38. The first kappa shape index (κ1) is 19.3. The van der Waals surface area contributed by atoms with Crippen molar-refractivity contribution in [1.29, 1.82) is 0 Å². The van der Waals surface area contributed by atoms with E-state index < -0.39 is 0 Å². The second kappa shape index (κ2) is 7.91. The normalized spacial score (nSPS) is 16.9. The zero-order chi connectivity index (χ0) is 21.5. The Bertz CT molecular complexity index is 1200. The molecule has 0 aliphatic carbocycles. The van der Waals surface area contributed by atoms with Crippen LogP contribution >= 0.6 is 0 Å². The van der Waals surface area contributed by atoms with E-state index in [1.807, 2.05) is 18.3 Å². The maximum atomic E-state index is 5.56. The number of ether oxygens (including phenoxy) is 2. The summed E-state index contributed by atoms with van der Waals surface area (Å²) in [6, 6.07) is 14.7. The van der Waals surface area contributed by atoms with Crippen molar-refractivity contribution in [1.82, 2.24) is 9.97 Å². The van der Waals surface area contributed by atoms with Crippen molar-refractivity contribution in [3.8, 4) is 17.0 Å². The third kappa shape index (κ3) is 3.29. The minimum absolute atomic E-state index is 0.697. The molecule has 0 spiro atoms. The zero-order valence-corrected chi connectivity index (χ0v) is 18.1. The number of rotatable bonds is 4. The van der Waals surface area contributed by atoms with Gasteiger partial charge < -0.3 is 19.3 Å². The lowest BCUT2D eigenvalue weighted by Crippen LogP contribution is -2.37. The van der Waals surface area contributed by atoms with E-state index in [1.165, 1.54) is 16.7 Å². The average molecular weight is 428 g/mol. The van der Waals surface area contributed by atoms with Gasteiger partial charge in [0.05, 0.1) is 32.6 Å². The van der Waals surface area contributed by atoms with Gasteiger partial charge in [-0.2, -0.15) is 4.98 Å². The van der Waals surface area contributed by atoms with Gasteiger partial charge in [0.1, 0.15) is 11.6 Å². The highest BCUT2D eigenvalue weighted by molar-refractivity contribution is 5.87. The number of nitrogens with zero attached hydrogens (tertiary/aromatic N) is 5. The third-order valence-corrected chi connectivity index (χ3v) is 6.38. The Morgan fingerprint density at radius 2 is 1.91 bits per heavy atom. The van der Waals surface area contributed by atoms with Gasteiger partial charge in [-0.05, 0) is 41.8 Å². The van der Waals surface area contributed by atoms with Crippen molar-refractivity contribution in [2.24, 2.45) is 4.99 Å². The van der Waals surface area contributed by atoms with E-state index in [0.717, 1.165) is 67.1 Å². The van der Waals surface area contributed by atoms with Gasteiger partial charge in [0.2, 0.25) is 5.95 Å². The topological polar surface area (TPSA) is 63.1 Å². The smallest absolute Gasteiger partial charge is 0.228 e. The monoisotopic (exact) mass is 427 g/mol. The maximum absolute atomic E-state index is 5.56. The molecule has 1 saturated heterocycles. The average Bonchev–Trinajstić information content (AvgIpc) is 3.50. The lowest BCUT2D eigenvalue weighted by atomic mass is 10.1. The summed E-state index contributed by atoms with van der Waals surface area (Å²) in [7, 11) is 1.70. The number of hydrogen-bond donors (Lipinski definition) is 0. The van der Waals surface area contributed by atoms with Crippen LogP contribution < -0.4 is 14.5 Å². The molecule has 0 unspecified atom stereocenters. The number of benzene rings is 2. The van der Waals surface area contributed by atoms with Crippen molar-refractivity contribution in [2.75, 3.05) is 49.8 Å². The van der Waals surface area contributed by atoms with Crippen LogP contribution in [0.5, 0.6) is 5.75 Å². The van der Waals surface area contributed by atoms with Gasteiger partial charge in [-0.15, -0.1) is 0 Å². The number of anilines is 3. The Hall–Kier alpha value is -3.45. The predicted octanol–water partition coefficient (Wildman–Crippen LogP) is 3.62. The number of aliphatic imine (C=N–C) groups is 1. The molecule has 3 aromatic rings. The molecule has 2 aromatic carbocycles. The Morgan fingerprint density at radius 1 is 1.00 bits per heavy atom. The van der Waals surface area contributed by atoms with Crippen molar-refractivity contribution in [2.45, 2.75) is 13.0 Å². The van der Waals surface area contributed by atoms with E-state index >= 15 is 0 Å². The minimum atomic E-state index is 0.697. The van der Waals surface area contributed by atoms with Crippen LogP contribution in [-0.2, 0) is 17.7 Å². The molecule has 0 radical (unpaired) electrons. The Morgan fingerprint density at radius 3 is 2.78 bits per heavy atom. The summed E-state index contributed by atoms with van der Waals surface area (Å²) in [5.74, 6) is 2.59. The van der Waals surface area contributed by atoms with Crippen molar-refractivity contribution >= 4 is 23.7 Å². The van der Waals surface area contributed by atoms with Crippen LogP contribution in [0, 0.1) is 0 Å². The van der Waals surface area contributed by atoms with E-state index in [-0.39, 0.29) is 0 Å². The fraction of sp³-hybridized carbons (Fsp3) is 0.320. The molecule has 3 aliphatic rings. The van der Waals surface area contributed by atoms with Crippen LogP contribution in [-0.4, -0.2) is 56.1 Å². The van der Waals surface area contributed by atoms with E-state index in [4.69, 9.17) is 19.4 Å². The SMILES string of the molecule is COc1cccc(-c2nc(N3CCOCC3)nc3c2CCN3c2ccc3c(c2)C=NC3)c1. The summed E-state index contributed by atoms with van der Waals surface area (Å²) in [4.78, 5) is 19.1. The molecule has 0 amide bonds. The molecule has 4 heterocycles. The Kier molecular flexibility index (Phi) is 4.76. The van der Waals surface area contributed by atoms with Crippen LogP contribution in [0.1, 0.15) is 16.7 Å². The molecule has 1 fully saturated rings. The number of fused-ring (bicyclic) bond motifs is 2. The van der Waals surface area contributed by atoms with Crippen LogP contribution in [0.2, 0.25) is 0 Å². The molecule has 0 atom stereocenters. The Balaban J connectivity index is 1.48. The van der Waals surface area contributed by atoms with Gasteiger partial charge in [0, 0.05) is 42.7 Å². The maximum Gasteiger partial charge on any atom is 0.228 e. The Labute approximate surface area is 187 Å². The van der Waals surface area contributed by atoms with Gasteiger partial charge >= 0.3 is 0 Å². The van der Waals surface area contributed by atoms with Gasteiger partial charge in [-0.3, -0.25) is 4.99 Å². The quantitative estimate of drug-likeness (QED) is 0.634. The second-order valence-electron chi connectivity index (χ2n) is 8.26. The second-order valence-corrected chi connectivity index (χ2v) is 8.26. The van der Waals surface area contributed by atoms with Gasteiger partial charge in [0.25, 0.3) is 0 Å². The fourth-order valence-electron chi connectivity index (χ4n) is 4.67. The zero-order valence-electron chi connectivity index (χ0n) is 18.1. The molecule has 3 aliphatic heterocycles. The lowest BCUT2D eigenvalue weighted by molar-refractivity contribution is 0.122. The molecule has 7 nitrogen and oxygen atoms in total. The van der Waals surface area contributed by atoms with Crippen molar-refractivity contribution in [3.63, 3.8) is 0 Å². The summed E-state index contributed by atoms with van der Waals surface area (Å²) in [6.45, 7) is 4.64. The number of hydrogen-bond acceptors (Lipinski definition) is 7. The molecule has 32 heavy (non-hydrogen) atoms. The molecular formula is C25H25N5O2. The van der Waals surface area contributed by atoms with Crippen molar-refractivity contribution < 1.29 is 9.47 Å². The minimum Gasteiger partial charge on any atom is -0.497 e. The fourth-order valence-corrected chi connectivity index (χ4v) is 4.67. The number of methoxy groups -OCH3 is 1. The molecule has 162 valence electrons. The highest BCUT2D eigenvalue weighted by Crippen LogP contribution is 2.40. The molecule has 6 rings (SSSR count). The molecule has 7 heteroatoms.